The number of Topliss-reactive ketones (excluding diaryl/α,β-unsaturated/α-hetero) is 1. The van der Waals surface area contributed by atoms with E-state index in [0.717, 1.165) is 30.6 Å². The predicted octanol–water partition coefficient (Wildman–Crippen LogP) is 3.36. The van der Waals surface area contributed by atoms with E-state index in [9.17, 15) is 4.79 Å². The number of carbonyl (C=O) groups excluding carboxylic acids is 1. The van der Waals surface area contributed by atoms with Crippen molar-refractivity contribution >= 4 is 5.78 Å². The van der Waals surface area contributed by atoms with Gasteiger partial charge in [-0.25, -0.2) is 0 Å². The standard InChI is InChI=1S/C16H18N2O3/c1-2-20-14-10-6-4-8-12(14)15-17-16(21-18-15)11-7-3-5-9-13(11)19/h4,6,8,10-11H,2-3,5,7,9H2,1H3. The molecule has 1 atom stereocenters. The Morgan fingerprint density at radius 1 is 1.33 bits per heavy atom. The molecule has 110 valence electrons. The van der Waals surface area contributed by atoms with E-state index in [4.69, 9.17) is 9.26 Å². The van der Waals surface area contributed by atoms with E-state index in [1.165, 1.54) is 0 Å². The zero-order valence-electron chi connectivity index (χ0n) is 12.0. The number of carbonyl (C=O) groups is 1. The van der Waals surface area contributed by atoms with Crippen LogP contribution in [0.3, 0.4) is 0 Å². The van der Waals surface area contributed by atoms with Crippen molar-refractivity contribution in [3.05, 3.63) is 30.2 Å². The third-order valence-corrected chi connectivity index (χ3v) is 3.72. The van der Waals surface area contributed by atoms with Crippen LogP contribution in [0.4, 0.5) is 0 Å². The number of aromatic nitrogens is 2. The highest BCUT2D eigenvalue weighted by Crippen LogP contribution is 2.32. The molecule has 1 saturated carbocycles. The molecule has 1 aliphatic carbocycles. The van der Waals surface area contributed by atoms with Crippen LogP contribution in [0.1, 0.15) is 44.4 Å². The van der Waals surface area contributed by atoms with Gasteiger partial charge in [-0.05, 0) is 31.9 Å². The van der Waals surface area contributed by atoms with Gasteiger partial charge in [0.2, 0.25) is 11.7 Å². The molecule has 0 bridgehead atoms. The molecule has 5 heteroatoms. The SMILES string of the molecule is CCOc1ccccc1-c1noc(C2CCCCC2=O)n1. The first-order valence-corrected chi connectivity index (χ1v) is 7.38. The Morgan fingerprint density at radius 2 is 2.19 bits per heavy atom. The molecule has 1 unspecified atom stereocenters. The van der Waals surface area contributed by atoms with Gasteiger partial charge in [-0.2, -0.15) is 4.98 Å². The third kappa shape index (κ3) is 2.82. The molecule has 3 rings (SSSR count). The van der Waals surface area contributed by atoms with Crippen molar-refractivity contribution in [2.75, 3.05) is 6.61 Å². The minimum atomic E-state index is -0.237. The number of rotatable bonds is 4. The Morgan fingerprint density at radius 3 is 3.00 bits per heavy atom. The van der Waals surface area contributed by atoms with Gasteiger partial charge in [-0.15, -0.1) is 0 Å². The maximum Gasteiger partial charge on any atom is 0.237 e. The largest absolute Gasteiger partial charge is 0.493 e. The minimum absolute atomic E-state index is 0.203. The summed E-state index contributed by atoms with van der Waals surface area (Å²) in [4.78, 5) is 16.4. The summed E-state index contributed by atoms with van der Waals surface area (Å²) in [7, 11) is 0. The normalized spacial score (nSPS) is 18.7. The Labute approximate surface area is 123 Å². The van der Waals surface area contributed by atoms with Crippen LogP contribution in [0.2, 0.25) is 0 Å². The van der Waals surface area contributed by atoms with Crippen LogP contribution in [0.5, 0.6) is 5.75 Å². The fourth-order valence-corrected chi connectivity index (χ4v) is 2.66. The van der Waals surface area contributed by atoms with Gasteiger partial charge in [0.05, 0.1) is 18.1 Å². The number of ketones is 1. The van der Waals surface area contributed by atoms with E-state index in [1.54, 1.807) is 0 Å². The zero-order chi connectivity index (χ0) is 14.7. The molecular formula is C16H18N2O3. The van der Waals surface area contributed by atoms with Crippen molar-refractivity contribution in [3.8, 4) is 17.1 Å². The predicted molar refractivity (Wildman–Crippen MR) is 77.1 cm³/mol. The summed E-state index contributed by atoms with van der Waals surface area (Å²) in [6, 6.07) is 7.57. The lowest BCUT2D eigenvalue weighted by Crippen LogP contribution is -2.17. The van der Waals surface area contributed by atoms with Crippen molar-refractivity contribution in [2.24, 2.45) is 0 Å². The number of para-hydroxylation sites is 1. The fraction of sp³-hybridized carbons (Fsp3) is 0.438. The molecular weight excluding hydrogens is 268 g/mol. The molecule has 2 aromatic rings. The second-order valence-electron chi connectivity index (χ2n) is 5.15. The van der Waals surface area contributed by atoms with Crippen molar-refractivity contribution in [1.29, 1.82) is 0 Å². The molecule has 1 fully saturated rings. The summed E-state index contributed by atoms with van der Waals surface area (Å²) in [5, 5.41) is 4.02. The van der Waals surface area contributed by atoms with Gasteiger partial charge in [0.25, 0.3) is 0 Å². The topological polar surface area (TPSA) is 65.2 Å². The highest BCUT2D eigenvalue weighted by atomic mass is 16.5. The van der Waals surface area contributed by atoms with E-state index in [-0.39, 0.29) is 11.7 Å². The average molecular weight is 286 g/mol. The van der Waals surface area contributed by atoms with Crippen LogP contribution < -0.4 is 4.74 Å². The summed E-state index contributed by atoms with van der Waals surface area (Å²) in [5.74, 6) is 1.60. The Balaban J connectivity index is 1.89. The maximum absolute atomic E-state index is 12.0. The molecule has 5 nitrogen and oxygen atoms in total. The number of benzene rings is 1. The summed E-state index contributed by atoms with van der Waals surface area (Å²) >= 11 is 0. The van der Waals surface area contributed by atoms with Crippen LogP contribution in [-0.2, 0) is 4.79 Å². The lowest BCUT2D eigenvalue weighted by molar-refractivity contribution is -0.122. The van der Waals surface area contributed by atoms with E-state index in [2.05, 4.69) is 10.1 Å². The van der Waals surface area contributed by atoms with E-state index < -0.39 is 0 Å². The number of hydrogen-bond donors (Lipinski definition) is 0. The van der Waals surface area contributed by atoms with Crippen LogP contribution in [0.15, 0.2) is 28.8 Å². The summed E-state index contributed by atoms with van der Waals surface area (Å²) < 4.78 is 10.9. The van der Waals surface area contributed by atoms with Crippen LogP contribution in [-0.4, -0.2) is 22.5 Å². The van der Waals surface area contributed by atoms with Crippen molar-refractivity contribution in [3.63, 3.8) is 0 Å². The second-order valence-corrected chi connectivity index (χ2v) is 5.15. The highest BCUT2D eigenvalue weighted by molar-refractivity contribution is 5.85. The first-order chi connectivity index (χ1) is 10.3. The smallest absolute Gasteiger partial charge is 0.237 e. The van der Waals surface area contributed by atoms with Gasteiger partial charge in [-0.3, -0.25) is 4.79 Å². The van der Waals surface area contributed by atoms with Gasteiger partial charge in [-0.1, -0.05) is 23.7 Å². The third-order valence-electron chi connectivity index (χ3n) is 3.72. The van der Waals surface area contributed by atoms with Gasteiger partial charge in [0.15, 0.2) is 0 Å². The molecule has 1 aromatic carbocycles. The van der Waals surface area contributed by atoms with Crippen LogP contribution >= 0.6 is 0 Å². The second kappa shape index (κ2) is 6.08. The fourth-order valence-electron chi connectivity index (χ4n) is 2.66. The van der Waals surface area contributed by atoms with Crippen molar-refractivity contribution in [2.45, 2.75) is 38.5 Å². The van der Waals surface area contributed by atoms with Gasteiger partial charge < -0.3 is 9.26 Å². The molecule has 0 aliphatic heterocycles. The summed E-state index contributed by atoms with van der Waals surface area (Å²) in [5.41, 5.74) is 0.789. The Kier molecular flexibility index (Phi) is 3.99. The van der Waals surface area contributed by atoms with Crippen molar-refractivity contribution < 1.29 is 14.1 Å². The lowest BCUT2D eigenvalue weighted by Gasteiger charge is -2.16. The number of ether oxygens (including phenoxy) is 1. The Bertz CT molecular complexity index is 636. The molecule has 0 saturated heterocycles. The van der Waals surface area contributed by atoms with Crippen molar-refractivity contribution in [1.82, 2.24) is 10.1 Å². The molecule has 21 heavy (non-hydrogen) atoms. The first kappa shape index (κ1) is 13.8. The quantitative estimate of drug-likeness (QED) is 0.862. The Hall–Kier alpha value is -2.17. The zero-order valence-corrected chi connectivity index (χ0v) is 12.0. The monoisotopic (exact) mass is 286 g/mol. The van der Waals surface area contributed by atoms with E-state index >= 15 is 0 Å². The minimum Gasteiger partial charge on any atom is -0.493 e. The van der Waals surface area contributed by atoms with E-state index in [1.807, 2.05) is 31.2 Å². The van der Waals surface area contributed by atoms with Crippen LogP contribution in [0, 0.1) is 0 Å². The maximum atomic E-state index is 12.0. The molecule has 1 heterocycles. The molecule has 0 spiro atoms. The first-order valence-electron chi connectivity index (χ1n) is 7.38. The molecule has 0 radical (unpaired) electrons. The van der Waals surface area contributed by atoms with Crippen LogP contribution in [0.25, 0.3) is 11.4 Å². The van der Waals surface area contributed by atoms with Gasteiger partial charge >= 0.3 is 0 Å². The highest BCUT2D eigenvalue weighted by Gasteiger charge is 2.29. The molecule has 1 aromatic heterocycles. The van der Waals surface area contributed by atoms with Gasteiger partial charge in [0, 0.05) is 6.42 Å². The average Bonchev–Trinajstić information content (AvgIpc) is 2.98. The molecule has 0 N–H and O–H groups in total. The van der Waals surface area contributed by atoms with E-state index in [0.29, 0.717) is 24.7 Å². The lowest BCUT2D eigenvalue weighted by atomic mass is 9.88. The summed E-state index contributed by atoms with van der Waals surface area (Å²) in [6.45, 7) is 2.50. The summed E-state index contributed by atoms with van der Waals surface area (Å²) in [6.07, 6.45) is 3.40. The molecule has 0 amide bonds. The number of nitrogens with zero attached hydrogens (tertiary/aromatic N) is 2. The van der Waals surface area contributed by atoms with Gasteiger partial charge in [0.1, 0.15) is 11.5 Å². The number of hydrogen-bond acceptors (Lipinski definition) is 5. The molecule has 1 aliphatic rings.